The maximum atomic E-state index is 5.65. The smallest absolute Gasteiger partial charge is 0.175 e. The molecule has 0 aliphatic rings. The molecule has 0 bridgehead atoms. The Morgan fingerprint density at radius 3 is 2.79 bits per heavy atom. The Hall–Kier alpha value is -2.14. The van der Waals surface area contributed by atoms with Gasteiger partial charge in [-0.25, -0.2) is 4.98 Å². The minimum atomic E-state index is 0.378. The largest absolute Gasteiger partial charge is 0.493 e. The molecule has 1 aromatic carbocycles. The summed E-state index contributed by atoms with van der Waals surface area (Å²) >= 11 is 4.99. The fraction of sp³-hybridized carbons (Fsp3) is 0.143. The van der Waals surface area contributed by atoms with E-state index >= 15 is 0 Å². The molecular formula is C14H15N3OS. The van der Waals surface area contributed by atoms with Gasteiger partial charge in [-0.3, -0.25) is 0 Å². The molecule has 0 atom stereocenters. The van der Waals surface area contributed by atoms with E-state index in [1.165, 1.54) is 0 Å². The van der Waals surface area contributed by atoms with Crippen molar-refractivity contribution in [1.29, 1.82) is 0 Å². The van der Waals surface area contributed by atoms with Crippen LogP contribution in [0.5, 0.6) is 5.75 Å². The van der Waals surface area contributed by atoms with E-state index in [0.717, 1.165) is 17.1 Å². The van der Waals surface area contributed by atoms with Crippen LogP contribution in [0.4, 0.5) is 11.5 Å². The molecule has 0 saturated heterocycles. The molecule has 0 aliphatic heterocycles. The average Bonchev–Trinajstić information content (AvgIpc) is 2.46. The lowest BCUT2D eigenvalue weighted by Crippen LogP contribution is -2.14. The molecule has 98 valence electrons. The first-order valence-corrected chi connectivity index (χ1v) is 6.17. The number of anilines is 2. The zero-order chi connectivity index (χ0) is 13.8. The zero-order valence-electron chi connectivity index (χ0n) is 10.8. The van der Waals surface area contributed by atoms with Gasteiger partial charge >= 0.3 is 0 Å². The van der Waals surface area contributed by atoms with Crippen LogP contribution in [0.2, 0.25) is 0 Å². The van der Waals surface area contributed by atoms with E-state index in [4.69, 9.17) is 22.7 Å². The van der Waals surface area contributed by atoms with E-state index in [1.54, 1.807) is 13.3 Å². The van der Waals surface area contributed by atoms with Crippen molar-refractivity contribution in [3.63, 3.8) is 0 Å². The topological polar surface area (TPSA) is 51.4 Å². The zero-order valence-corrected chi connectivity index (χ0v) is 11.6. The maximum absolute atomic E-state index is 5.65. The van der Waals surface area contributed by atoms with Gasteiger partial charge in [-0.1, -0.05) is 24.4 Å². The molecule has 5 heteroatoms. The first-order valence-electron chi connectivity index (χ1n) is 5.76. The molecule has 0 saturated carbocycles. The van der Waals surface area contributed by atoms with Gasteiger partial charge in [0.25, 0.3) is 0 Å². The lowest BCUT2D eigenvalue weighted by molar-refractivity contribution is 0.414. The average molecular weight is 273 g/mol. The number of methoxy groups -OCH3 is 1. The van der Waals surface area contributed by atoms with E-state index in [0.29, 0.717) is 10.7 Å². The van der Waals surface area contributed by atoms with Crippen molar-refractivity contribution in [3.05, 3.63) is 48.2 Å². The summed E-state index contributed by atoms with van der Waals surface area (Å²) in [6, 6.07) is 11.4. The fourth-order valence-electron chi connectivity index (χ4n) is 1.78. The Balaban J connectivity index is 2.41. The molecule has 0 fully saturated rings. The Labute approximate surface area is 117 Å². The highest BCUT2D eigenvalue weighted by atomic mass is 32.1. The molecule has 0 spiro atoms. The van der Waals surface area contributed by atoms with Gasteiger partial charge < -0.3 is 15.4 Å². The van der Waals surface area contributed by atoms with Gasteiger partial charge in [0, 0.05) is 24.5 Å². The molecule has 0 radical (unpaired) electrons. The molecule has 0 amide bonds. The summed E-state index contributed by atoms with van der Waals surface area (Å²) in [5.74, 6) is 1.45. The third-order valence-corrected chi connectivity index (χ3v) is 3.04. The minimum Gasteiger partial charge on any atom is -0.493 e. The maximum Gasteiger partial charge on any atom is 0.175 e. The van der Waals surface area contributed by atoms with E-state index in [-0.39, 0.29) is 0 Å². The third kappa shape index (κ3) is 2.82. The Bertz CT molecular complexity index is 601. The van der Waals surface area contributed by atoms with Crippen molar-refractivity contribution in [2.24, 2.45) is 5.73 Å². The molecule has 0 unspecified atom stereocenters. The van der Waals surface area contributed by atoms with Crippen molar-refractivity contribution in [3.8, 4) is 5.75 Å². The summed E-state index contributed by atoms with van der Waals surface area (Å²) in [5.41, 5.74) is 7.42. The van der Waals surface area contributed by atoms with Gasteiger partial charge in [0.15, 0.2) is 11.6 Å². The summed E-state index contributed by atoms with van der Waals surface area (Å²) in [7, 11) is 3.54. The standard InChI is InChI=1S/C14H15N3OS/c1-17(14-12(18-2)7-4-8-16-14)11-6-3-5-10(9-11)13(15)19/h3-9H,1-2H3,(H2,15,19). The summed E-state index contributed by atoms with van der Waals surface area (Å²) in [4.78, 5) is 6.65. The van der Waals surface area contributed by atoms with Crippen LogP contribution in [0.1, 0.15) is 5.56 Å². The number of nitrogens with two attached hydrogens (primary N) is 1. The normalized spacial score (nSPS) is 10.0. The Kier molecular flexibility index (Phi) is 3.97. The highest BCUT2D eigenvalue weighted by Crippen LogP contribution is 2.30. The van der Waals surface area contributed by atoms with Crippen LogP contribution in [0.3, 0.4) is 0 Å². The Morgan fingerprint density at radius 1 is 1.32 bits per heavy atom. The lowest BCUT2D eigenvalue weighted by atomic mass is 10.2. The number of aromatic nitrogens is 1. The lowest BCUT2D eigenvalue weighted by Gasteiger charge is -2.20. The molecule has 19 heavy (non-hydrogen) atoms. The van der Waals surface area contributed by atoms with Crippen LogP contribution in [0.25, 0.3) is 0 Å². The highest BCUT2D eigenvalue weighted by Gasteiger charge is 2.11. The summed E-state index contributed by atoms with van der Waals surface area (Å²) in [6.45, 7) is 0. The second-order valence-electron chi connectivity index (χ2n) is 4.00. The minimum absolute atomic E-state index is 0.378. The van der Waals surface area contributed by atoms with Crippen LogP contribution < -0.4 is 15.4 Å². The number of hydrogen-bond acceptors (Lipinski definition) is 4. The van der Waals surface area contributed by atoms with Gasteiger partial charge in [-0.15, -0.1) is 0 Å². The first kappa shape index (κ1) is 13.3. The predicted molar refractivity (Wildman–Crippen MR) is 81.2 cm³/mol. The third-order valence-electron chi connectivity index (χ3n) is 2.81. The van der Waals surface area contributed by atoms with Crippen LogP contribution >= 0.6 is 12.2 Å². The number of rotatable bonds is 4. The van der Waals surface area contributed by atoms with E-state index in [9.17, 15) is 0 Å². The second-order valence-corrected chi connectivity index (χ2v) is 4.44. The second kappa shape index (κ2) is 5.67. The van der Waals surface area contributed by atoms with Gasteiger partial charge in [0.2, 0.25) is 0 Å². The fourth-order valence-corrected chi connectivity index (χ4v) is 1.91. The molecule has 1 heterocycles. The van der Waals surface area contributed by atoms with Crippen LogP contribution in [-0.4, -0.2) is 24.1 Å². The van der Waals surface area contributed by atoms with Crippen molar-refractivity contribution < 1.29 is 4.74 Å². The van der Waals surface area contributed by atoms with Crippen molar-refractivity contribution in [2.45, 2.75) is 0 Å². The molecule has 2 rings (SSSR count). The number of thiocarbonyl (C=S) groups is 1. The number of nitrogens with zero attached hydrogens (tertiary/aromatic N) is 2. The van der Waals surface area contributed by atoms with Gasteiger partial charge in [0.05, 0.1) is 7.11 Å². The van der Waals surface area contributed by atoms with Crippen LogP contribution in [0.15, 0.2) is 42.6 Å². The first-order chi connectivity index (χ1) is 9.13. The van der Waals surface area contributed by atoms with Gasteiger partial charge in [-0.05, 0) is 24.3 Å². The number of ether oxygens (including phenoxy) is 1. The van der Waals surface area contributed by atoms with E-state index < -0.39 is 0 Å². The Morgan fingerprint density at radius 2 is 2.11 bits per heavy atom. The monoisotopic (exact) mass is 273 g/mol. The molecule has 2 N–H and O–H groups in total. The number of benzene rings is 1. The molecular weight excluding hydrogens is 258 g/mol. The summed E-state index contributed by atoms with van der Waals surface area (Å²) in [5, 5.41) is 0. The van der Waals surface area contributed by atoms with Crippen LogP contribution in [0, 0.1) is 0 Å². The summed E-state index contributed by atoms with van der Waals surface area (Å²) < 4.78 is 5.31. The summed E-state index contributed by atoms with van der Waals surface area (Å²) in [6.07, 6.45) is 1.73. The molecule has 4 nitrogen and oxygen atoms in total. The van der Waals surface area contributed by atoms with Gasteiger partial charge in [0.1, 0.15) is 4.99 Å². The van der Waals surface area contributed by atoms with E-state index in [2.05, 4.69) is 4.98 Å². The number of pyridine rings is 1. The van der Waals surface area contributed by atoms with Gasteiger partial charge in [-0.2, -0.15) is 0 Å². The van der Waals surface area contributed by atoms with Crippen LogP contribution in [-0.2, 0) is 0 Å². The number of hydrogen-bond donors (Lipinski definition) is 1. The quantitative estimate of drug-likeness (QED) is 0.867. The molecule has 2 aromatic rings. The molecule has 1 aromatic heterocycles. The van der Waals surface area contributed by atoms with Crippen molar-refractivity contribution in [1.82, 2.24) is 4.98 Å². The highest BCUT2D eigenvalue weighted by molar-refractivity contribution is 7.80. The molecule has 0 aliphatic carbocycles. The van der Waals surface area contributed by atoms with E-state index in [1.807, 2.05) is 48.3 Å². The van der Waals surface area contributed by atoms with Crippen molar-refractivity contribution >= 4 is 28.7 Å². The predicted octanol–water partition coefficient (Wildman–Crippen LogP) is 2.49. The van der Waals surface area contributed by atoms with Crippen molar-refractivity contribution in [2.75, 3.05) is 19.1 Å². The SMILES string of the molecule is COc1cccnc1N(C)c1cccc(C(N)=S)c1.